The Labute approximate surface area is 142 Å². The minimum absolute atomic E-state index is 0.0321. The highest BCUT2D eigenvalue weighted by atomic mass is 16.6. The lowest BCUT2D eigenvalue weighted by Gasteiger charge is -2.22. The van der Waals surface area contributed by atoms with E-state index in [4.69, 9.17) is 4.74 Å². The van der Waals surface area contributed by atoms with E-state index in [1.807, 2.05) is 33.8 Å². The van der Waals surface area contributed by atoms with Crippen molar-refractivity contribution in [1.82, 2.24) is 15.6 Å². The fourth-order valence-corrected chi connectivity index (χ4v) is 2.53. The first kappa shape index (κ1) is 18.0. The molecule has 1 atom stereocenters. The number of nitrogens with zero attached hydrogens (tertiary/aromatic N) is 2. The molecule has 1 fully saturated rings. The molecular weight excluding hydrogens is 308 g/mol. The summed E-state index contributed by atoms with van der Waals surface area (Å²) in [6, 6.07) is 3.63. The molecule has 0 aliphatic carbocycles. The molecule has 0 radical (unpaired) electrons. The van der Waals surface area contributed by atoms with Crippen molar-refractivity contribution in [3.05, 3.63) is 23.9 Å². The summed E-state index contributed by atoms with van der Waals surface area (Å²) in [7, 11) is 0. The molecule has 1 aliphatic heterocycles. The van der Waals surface area contributed by atoms with Crippen LogP contribution in [0, 0.1) is 0 Å². The Morgan fingerprint density at radius 3 is 2.71 bits per heavy atom. The van der Waals surface area contributed by atoms with Crippen LogP contribution in [0.15, 0.2) is 18.3 Å². The average molecular weight is 334 g/mol. The number of carbonyl (C=O) groups excluding carboxylic acids is 2. The summed E-state index contributed by atoms with van der Waals surface area (Å²) in [6.45, 7) is 9.46. The predicted molar refractivity (Wildman–Crippen MR) is 92.2 cm³/mol. The lowest BCUT2D eigenvalue weighted by Crippen LogP contribution is -2.40. The second-order valence-corrected chi connectivity index (χ2v) is 6.84. The fraction of sp³-hybridized carbons (Fsp3) is 0.588. The Morgan fingerprint density at radius 2 is 2.12 bits per heavy atom. The zero-order valence-electron chi connectivity index (χ0n) is 14.8. The lowest BCUT2D eigenvalue weighted by molar-refractivity contribution is 0.0509. The number of amides is 2. The Balaban J connectivity index is 1.89. The first-order valence-corrected chi connectivity index (χ1v) is 8.27. The van der Waals surface area contributed by atoms with Crippen molar-refractivity contribution in [2.75, 3.05) is 24.5 Å². The number of anilines is 1. The van der Waals surface area contributed by atoms with Gasteiger partial charge in [-0.1, -0.05) is 0 Å². The van der Waals surface area contributed by atoms with E-state index in [-0.39, 0.29) is 11.9 Å². The van der Waals surface area contributed by atoms with Gasteiger partial charge in [-0.25, -0.2) is 9.78 Å². The number of alkyl carbamates (subject to hydrolysis) is 1. The fourth-order valence-electron chi connectivity index (χ4n) is 2.53. The third kappa shape index (κ3) is 5.11. The smallest absolute Gasteiger partial charge is 0.407 e. The number of nitrogens with one attached hydrogen (secondary N) is 2. The summed E-state index contributed by atoms with van der Waals surface area (Å²) >= 11 is 0. The molecule has 0 saturated carbocycles. The van der Waals surface area contributed by atoms with E-state index >= 15 is 0 Å². The number of carbonyl (C=O) groups is 2. The number of aromatic nitrogens is 1. The first-order valence-electron chi connectivity index (χ1n) is 8.27. The Morgan fingerprint density at radius 1 is 1.38 bits per heavy atom. The van der Waals surface area contributed by atoms with Crippen LogP contribution in [0.2, 0.25) is 0 Å². The quantitative estimate of drug-likeness (QED) is 0.879. The Hall–Kier alpha value is -2.31. The third-order valence-electron chi connectivity index (χ3n) is 3.58. The molecule has 132 valence electrons. The van der Waals surface area contributed by atoms with Crippen LogP contribution < -0.4 is 15.5 Å². The lowest BCUT2D eigenvalue weighted by atomic mass is 10.2. The molecule has 2 heterocycles. The minimum Gasteiger partial charge on any atom is -0.444 e. The molecule has 1 aliphatic rings. The zero-order valence-corrected chi connectivity index (χ0v) is 14.8. The number of rotatable bonds is 4. The van der Waals surface area contributed by atoms with Crippen LogP contribution in [0.4, 0.5) is 10.6 Å². The summed E-state index contributed by atoms with van der Waals surface area (Å²) in [6.07, 6.45) is 2.02. The summed E-state index contributed by atoms with van der Waals surface area (Å²) in [4.78, 5) is 30.0. The maximum atomic E-state index is 11.8. The van der Waals surface area contributed by atoms with Gasteiger partial charge in [-0.05, 0) is 46.2 Å². The van der Waals surface area contributed by atoms with Crippen molar-refractivity contribution in [1.29, 1.82) is 0 Å². The Bertz CT molecular complexity index is 580. The van der Waals surface area contributed by atoms with Gasteiger partial charge in [0.1, 0.15) is 11.4 Å². The molecule has 2 amide bonds. The molecule has 0 bridgehead atoms. The third-order valence-corrected chi connectivity index (χ3v) is 3.58. The van der Waals surface area contributed by atoms with Crippen molar-refractivity contribution in [2.45, 2.75) is 45.8 Å². The van der Waals surface area contributed by atoms with Crippen molar-refractivity contribution in [2.24, 2.45) is 0 Å². The van der Waals surface area contributed by atoms with Crippen LogP contribution in [0.5, 0.6) is 0 Å². The van der Waals surface area contributed by atoms with Gasteiger partial charge in [0, 0.05) is 25.8 Å². The predicted octanol–water partition coefficient (Wildman–Crippen LogP) is 1.93. The van der Waals surface area contributed by atoms with Gasteiger partial charge in [0.25, 0.3) is 5.91 Å². The summed E-state index contributed by atoms with van der Waals surface area (Å²) in [5.74, 6) is 0.680. The van der Waals surface area contributed by atoms with Crippen molar-refractivity contribution < 1.29 is 14.3 Å². The number of ether oxygens (including phenoxy) is 1. The topological polar surface area (TPSA) is 83.6 Å². The zero-order chi connectivity index (χ0) is 17.7. The molecule has 2 rings (SSSR count). The van der Waals surface area contributed by atoms with Crippen molar-refractivity contribution >= 4 is 17.8 Å². The molecule has 7 heteroatoms. The first-order chi connectivity index (χ1) is 11.3. The van der Waals surface area contributed by atoms with E-state index in [1.165, 1.54) is 0 Å². The molecule has 1 aromatic heterocycles. The number of pyridine rings is 1. The standard InChI is InChI=1S/C17H26N4O3/c1-5-18-15(22)12-6-7-14(19-10-12)21-9-8-13(11-21)20-16(23)24-17(2,3)4/h6-7,10,13H,5,8-9,11H2,1-4H3,(H,18,22)(H,20,23)/t13-/m1/s1. The molecule has 0 spiro atoms. The van der Waals surface area contributed by atoms with E-state index in [0.717, 1.165) is 18.8 Å². The van der Waals surface area contributed by atoms with E-state index in [9.17, 15) is 9.59 Å². The molecule has 0 aromatic carbocycles. The molecule has 7 nitrogen and oxygen atoms in total. The van der Waals surface area contributed by atoms with E-state index in [1.54, 1.807) is 12.3 Å². The normalized spacial score (nSPS) is 17.5. The SMILES string of the molecule is CCNC(=O)c1ccc(N2CC[C@@H](NC(=O)OC(C)(C)C)C2)nc1. The van der Waals surface area contributed by atoms with Gasteiger partial charge in [0.15, 0.2) is 0 Å². The van der Waals surface area contributed by atoms with E-state index in [0.29, 0.717) is 18.7 Å². The summed E-state index contributed by atoms with van der Waals surface area (Å²) in [5, 5.41) is 5.63. The molecule has 2 N–H and O–H groups in total. The maximum Gasteiger partial charge on any atom is 0.407 e. The van der Waals surface area contributed by atoms with Crippen LogP contribution >= 0.6 is 0 Å². The second-order valence-electron chi connectivity index (χ2n) is 6.84. The molecule has 1 aromatic rings. The molecule has 0 unspecified atom stereocenters. The monoisotopic (exact) mass is 334 g/mol. The van der Waals surface area contributed by atoms with Gasteiger partial charge in [-0.15, -0.1) is 0 Å². The molecule has 24 heavy (non-hydrogen) atoms. The van der Waals surface area contributed by atoms with Crippen LogP contribution in [-0.2, 0) is 4.74 Å². The van der Waals surface area contributed by atoms with Crippen molar-refractivity contribution in [3.8, 4) is 0 Å². The van der Waals surface area contributed by atoms with Gasteiger partial charge in [-0.3, -0.25) is 4.79 Å². The minimum atomic E-state index is -0.501. The Kier molecular flexibility index (Phi) is 5.64. The number of hydrogen-bond donors (Lipinski definition) is 2. The maximum absolute atomic E-state index is 11.8. The van der Waals surface area contributed by atoms with Crippen LogP contribution in [0.25, 0.3) is 0 Å². The van der Waals surface area contributed by atoms with Crippen molar-refractivity contribution in [3.63, 3.8) is 0 Å². The molecule has 1 saturated heterocycles. The van der Waals surface area contributed by atoms with E-state index in [2.05, 4.69) is 20.5 Å². The number of hydrogen-bond acceptors (Lipinski definition) is 5. The highest BCUT2D eigenvalue weighted by molar-refractivity contribution is 5.94. The summed E-state index contributed by atoms with van der Waals surface area (Å²) in [5.41, 5.74) is 0.0435. The highest BCUT2D eigenvalue weighted by Gasteiger charge is 2.26. The average Bonchev–Trinajstić information content (AvgIpc) is 2.94. The summed E-state index contributed by atoms with van der Waals surface area (Å²) < 4.78 is 5.28. The largest absolute Gasteiger partial charge is 0.444 e. The van der Waals surface area contributed by atoms with Crippen LogP contribution in [0.3, 0.4) is 0 Å². The second kappa shape index (κ2) is 7.51. The van der Waals surface area contributed by atoms with Crippen LogP contribution in [0.1, 0.15) is 44.5 Å². The van der Waals surface area contributed by atoms with Gasteiger partial charge < -0.3 is 20.3 Å². The van der Waals surface area contributed by atoms with Gasteiger partial charge in [0.05, 0.1) is 11.6 Å². The van der Waals surface area contributed by atoms with E-state index < -0.39 is 11.7 Å². The highest BCUT2D eigenvalue weighted by Crippen LogP contribution is 2.19. The van der Waals surface area contributed by atoms with Crippen LogP contribution in [-0.4, -0.2) is 48.3 Å². The van der Waals surface area contributed by atoms with Gasteiger partial charge in [-0.2, -0.15) is 0 Å². The molecular formula is C17H26N4O3. The van der Waals surface area contributed by atoms with Gasteiger partial charge >= 0.3 is 6.09 Å². The van der Waals surface area contributed by atoms with Gasteiger partial charge in [0.2, 0.25) is 0 Å².